The van der Waals surface area contributed by atoms with Gasteiger partial charge in [-0.3, -0.25) is 4.79 Å². The average molecular weight is 761 g/mol. The number of esters is 1. The molecule has 0 aromatic rings. The fraction of sp³-hybridized carbons (Fsp3) is 0.923. The summed E-state index contributed by atoms with van der Waals surface area (Å²) in [6.45, 7) is 21.5. The van der Waals surface area contributed by atoms with Gasteiger partial charge in [-0.15, -0.1) is 6.58 Å². The molecule has 3 rings (SSSR count). The molecule has 53 heavy (non-hydrogen) atoms. The van der Waals surface area contributed by atoms with Crippen molar-refractivity contribution in [2.45, 2.75) is 185 Å². The minimum Gasteiger partial charge on any atom is -0.459 e. The van der Waals surface area contributed by atoms with Crippen LogP contribution < -0.4 is 5.32 Å². The second kappa shape index (κ2) is 17.9. The van der Waals surface area contributed by atoms with Crippen LogP contribution in [0.15, 0.2) is 12.7 Å². The molecule has 3 aliphatic heterocycles. The first-order chi connectivity index (χ1) is 24.4. The van der Waals surface area contributed by atoms with Crippen LogP contribution in [0.3, 0.4) is 0 Å². The van der Waals surface area contributed by atoms with Gasteiger partial charge >= 0.3 is 5.97 Å². The van der Waals surface area contributed by atoms with Crippen molar-refractivity contribution in [3.05, 3.63) is 12.7 Å². The number of hydrogen-bond acceptors (Lipinski definition) is 14. The van der Waals surface area contributed by atoms with E-state index in [1.165, 1.54) is 20.1 Å². The summed E-state index contributed by atoms with van der Waals surface area (Å²) in [6.07, 6.45) is -6.35. The third-order valence-electron chi connectivity index (χ3n) is 12.4. The topological polar surface area (TPSA) is 189 Å². The van der Waals surface area contributed by atoms with Crippen LogP contribution >= 0.6 is 0 Å². The second-order valence-electron chi connectivity index (χ2n) is 17.1. The normalized spacial score (nSPS) is 49.8. The van der Waals surface area contributed by atoms with E-state index in [1.807, 2.05) is 32.8 Å². The van der Waals surface area contributed by atoms with E-state index in [9.17, 15) is 30.3 Å². The van der Waals surface area contributed by atoms with Gasteiger partial charge in [0, 0.05) is 31.5 Å². The predicted molar refractivity (Wildman–Crippen MR) is 199 cm³/mol. The monoisotopic (exact) mass is 761 g/mol. The number of likely N-dealkylation sites (N-methyl/N-ethyl adjacent to an activating group) is 1. The number of carbonyl (C=O) groups is 1. The summed E-state index contributed by atoms with van der Waals surface area (Å²) in [7, 11) is 5.24. The van der Waals surface area contributed by atoms with E-state index in [-0.39, 0.29) is 37.3 Å². The Bertz CT molecular complexity index is 1200. The molecule has 310 valence electrons. The van der Waals surface area contributed by atoms with Crippen LogP contribution in [0, 0.1) is 17.8 Å². The SMILES string of the molecule is C=C[C@@]1(O)[C@H](C)O[C@@H](O[C@H]2[C@H](C)[C@@H](O[C@@H]3O[C@H](C)C[C@H](N(C)C)[C@H]3O)[C@](C)(O)C[C@@H](C)CN[C@H](C)[C@@H](O)[C@](C)(O)[C@@H](CC)OC(=O)[C@@H]2C)C[C@@]1(C)OC. The van der Waals surface area contributed by atoms with Crippen LogP contribution in [0.25, 0.3) is 0 Å². The van der Waals surface area contributed by atoms with E-state index in [1.54, 1.807) is 48.5 Å². The number of rotatable bonds is 8. The molecule has 0 aromatic heterocycles. The van der Waals surface area contributed by atoms with Crippen LogP contribution in [0.5, 0.6) is 0 Å². The highest BCUT2D eigenvalue weighted by molar-refractivity contribution is 5.73. The molecule has 0 saturated carbocycles. The van der Waals surface area contributed by atoms with Gasteiger partial charge in [-0.05, 0) is 94.3 Å². The number of aliphatic hydroxyl groups excluding tert-OH is 2. The molecular weight excluding hydrogens is 688 g/mol. The summed E-state index contributed by atoms with van der Waals surface area (Å²) in [5, 5.41) is 61.8. The molecule has 0 aliphatic carbocycles. The molecule has 3 fully saturated rings. The molecule has 14 nitrogen and oxygen atoms in total. The molecule has 0 unspecified atom stereocenters. The molecule has 14 heteroatoms. The van der Waals surface area contributed by atoms with Gasteiger partial charge in [-0.1, -0.05) is 26.8 Å². The predicted octanol–water partition coefficient (Wildman–Crippen LogP) is 2.11. The van der Waals surface area contributed by atoms with Gasteiger partial charge in [0.05, 0.1) is 35.9 Å². The lowest BCUT2D eigenvalue weighted by Crippen LogP contribution is -2.65. The summed E-state index contributed by atoms with van der Waals surface area (Å²) in [4.78, 5) is 16.1. The number of cyclic esters (lactones) is 1. The lowest BCUT2D eigenvalue weighted by Gasteiger charge is -2.52. The minimum absolute atomic E-state index is 0.0504. The smallest absolute Gasteiger partial charge is 0.311 e. The molecule has 0 spiro atoms. The van der Waals surface area contributed by atoms with E-state index in [0.717, 1.165) is 0 Å². The maximum Gasteiger partial charge on any atom is 0.311 e. The van der Waals surface area contributed by atoms with Gasteiger partial charge < -0.3 is 64.2 Å². The van der Waals surface area contributed by atoms with Crippen molar-refractivity contribution in [3.8, 4) is 0 Å². The van der Waals surface area contributed by atoms with Gasteiger partial charge in [0.1, 0.15) is 35.1 Å². The number of nitrogens with zero attached hydrogens (tertiary/aromatic N) is 1. The summed E-state index contributed by atoms with van der Waals surface area (Å²) < 4.78 is 37.7. The molecular formula is C39H72N2O12. The molecule has 0 amide bonds. The number of hydrogen-bond donors (Lipinski definition) is 6. The summed E-state index contributed by atoms with van der Waals surface area (Å²) >= 11 is 0. The van der Waals surface area contributed by atoms with E-state index >= 15 is 0 Å². The zero-order valence-electron chi connectivity index (χ0n) is 34.4. The van der Waals surface area contributed by atoms with E-state index in [0.29, 0.717) is 13.0 Å². The quantitative estimate of drug-likeness (QED) is 0.156. The highest BCUT2D eigenvalue weighted by atomic mass is 16.7. The maximum absolute atomic E-state index is 14.2. The van der Waals surface area contributed by atoms with E-state index < -0.39 is 95.5 Å². The van der Waals surface area contributed by atoms with Crippen LogP contribution in [0.4, 0.5) is 0 Å². The molecule has 6 N–H and O–H groups in total. The second-order valence-corrected chi connectivity index (χ2v) is 17.1. The van der Waals surface area contributed by atoms with Crippen molar-refractivity contribution in [3.63, 3.8) is 0 Å². The zero-order chi connectivity index (χ0) is 40.4. The Hall–Kier alpha value is -1.27. The number of carbonyl (C=O) groups excluding carboxylic acids is 1. The lowest BCUT2D eigenvalue weighted by atomic mass is 9.75. The Balaban J connectivity index is 2.18. The van der Waals surface area contributed by atoms with E-state index in [4.69, 9.17) is 28.4 Å². The average Bonchev–Trinajstić information content (AvgIpc) is 3.08. The van der Waals surface area contributed by atoms with Crippen molar-refractivity contribution in [2.75, 3.05) is 27.7 Å². The Morgan fingerprint density at radius 3 is 2.17 bits per heavy atom. The summed E-state index contributed by atoms with van der Waals surface area (Å²) in [5.74, 6) is -2.69. The van der Waals surface area contributed by atoms with Crippen molar-refractivity contribution in [2.24, 2.45) is 17.8 Å². The van der Waals surface area contributed by atoms with Crippen LogP contribution in [-0.4, -0.2) is 154 Å². The van der Waals surface area contributed by atoms with Crippen LogP contribution in [-0.2, 0) is 33.2 Å². The maximum atomic E-state index is 14.2. The molecule has 3 heterocycles. The Morgan fingerprint density at radius 2 is 1.62 bits per heavy atom. The molecule has 0 aromatic carbocycles. The Morgan fingerprint density at radius 1 is 1.00 bits per heavy atom. The number of ether oxygens (including phenoxy) is 6. The first kappa shape index (κ1) is 46.1. The molecule has 3 aliphatic rings. The number of nitrogens with one attached hydrogen (secondary N) is 1. The van der Waals surface area contributed by atoms with Crippen LogP contribution in [0.1, 0.15) is 94.9 Å². The fourth-order valence-electron chi connectivity index (χ4n) is 8.77. The Labute approximate surface area is 317 Å². The number of methoxy groups -OCH3 is 1. The molecule has 3 saturated heterocycles. The van der Waals surface area contributed by atoms with Gasteiger partial charge in [-0.2, -0.15) is 0 Å². The van der Waals surface area contributed by atoms with Gasteiger partial charge in [0.15, 0.2) is 12.6 Å². The highest BCUT2D eigenvalue weighted by Crippen LogP contribution is 2.43. The first-order valence-corrected chi connectivity index (χ1v) is 19.3. The largest absolute Gasteiger partial charge is 0.459 e. The van der Waals surface area contributed by atoms with E-state index in [2.05, 4.69) is 11.9 Å². The minimum atomic E-state index is -1.81. The zero-order valence-corrected chi connectivity index (χ0v) is 34.4. The molecule has 0 radical (unpaired) electrons. The lowest BCUT2D eigenvalue weighted by molar-refractivity contribution is -0.328. The molecule has 0 bridgehead atoms. The Kier molecular flexibility index (Phi) is 15.6. The first-order valence-electron chi connectivity index (χ1n) is 19.3. The molecule has 18 atom stereocenters. The third kappa shape index (κ3) is 9.82. The van der Waals surface area contributed by atoms with Crippen molar-refractivity contribution < 1.29 is 58.7 Å². The van der Waals surface area contributed by atoms with Crippen molar-refractivity contribution in [1.82, 2.24) is 10.2 Å². The fourth-order valence-corrected chi connectivity index (χ4v) is 8.77. The van der Waals surface area contributed by atoms with Gasteiger partial charge in [0.2, 0.25) is 0 Å². The third-order valence-corrected chi connectivity index (χ3v) is 12.4. The summed E-state index contributed by atoms with van der Waals surface area (Å²) in [5.41, 5.74) is -6.15. The van der Waals surface area contributed by atoms with Crippen LogP contribution in [0.2, 0.25) is 0 Å². The van der Waals surface area contributed by atoms with Gasteiger partial charge in [-0.25, -0.2) is 0 Å². The highest BCUT2D eigenvalue weighted by Gasteiger charge is 2.57. The summed E-state index contributed by atoms with van der Waals surface area (Å²) in [6, 6.07) is -0.880. The van der Waals surface area contributed by atoms with Crippen molar-refractivity contribution in [1.29, 1.82) is 0 Å². The standard InChI is InChI=1S/C39H72N2O12/c1-15-28-38(11,46)32(43)25(7)40-20-21(3)18-36(9,45)33(53-35-30(42)27(41(12)13)17-22(4)49-35)23(5)31(24(6)34(44)51-28)52-29-19-37(10,48-14)39(47,16-2)26(8)50-29/h16,21-33,35,40,42-43,45-47H,2,15,17-20H2,1,3-14H3/t21-,22-,23+,24-,25-,26+,27+,28-,29+,30-,31+,32-,33-,35+,36-,37-,38-,39-/m1/s1. The van der Waals surface area contributed by atoms with Crippen molar-refractivity contribution >= 4 is 5.97 Å². The van der Waals surface area contributed by atoms with Gasteiger partial charge in [0.25, 0.3) is 0 Å². The number of aliphatic hydroxyl groups is 5.